The molecule has 106 valence electrons. The third kappa shape index (κ3) is 3.16. The summed E-state index contributed by atoms with van der Waals surface area (Å²) < 4.78 is 8.51. The second kappa shape index (κ2) is 5.47. The highest BCUT2D eigenvalue weighted by molar-refractivity contribution is 5.77. The fourth-order valence-corrected chi connectivity index (χ4v) is 1.67. The van der Waals surface area contributed by atoms with Crippen LogP contribution in [0, 0.1) is 13.8 Å². The van der Waals surface area contributed by atoms with Crippen LogP contribution >= 0.6 is 0 Å². The predicted octanol–water partition coefficient (Wildman–Crippen LogP) is 3.56. The van der Waals surface area contributed by atoms with Crippen molar-refractivity contribution >= 4 is 11.7 Å². The van der Waals surface area contributed by atoms with Gasteiger partial charge in [0.05, 0.1) is 5.69 Å². The van der Waals surface area contributed by atoms with Crippen molar-refractivity contribution in [3.63, 3.8) is 0 Å². The van der Waals surface area contributed by atoms with Crippen LogP contribution in [0.15, 0.2) is 12.4 Å². The molecule has 0 atom stereocenters. The number of aryl methyl sites for hydroxylation is 2. The third-order valence-electron chi connectivity index (χ3n) is 2.53. The number of carbonyl (C=O) groups is 1. The molecule has 19 heavy (non-hydrogen) atoms. The smallest absolute Gasteiger partial charge is 0.420 e. The number of aromatic nitrogens is 3. The van der Waals surface area contributed by atoms with Crippen molar-refractivity contribution in [3.05, 3.63) is 23.7 Å². The number of hydrogen-bond donors (Lipinski definition) is 0. The van der Waals surface area contributed by atoms with Crippen molar-refractivity contribution in [2.45, 2.75) is 54.1 Å². The molecule has 0 aliphatic rings. The molecule has 2 heterocycles. The molecule has 2 rings (SSSR count). The largest absolute Gasteiger partial charge is 0.443 e. The maximum Gasteiger partial charge on any atom is 0.420 e. The quantitative estimate of drug-likeness (QED) is 0.731. The van der Waals surface area contributed by atoms with Gasteiger partial charge < -0.3 is 4.74 Å². The van der Waals surface area contributed by atoms with Gasteiger partial charge in [0.2, 0.25) is 0 Å². The molecular weight excluding hydrogens is 242 g/mol. The van der Waals surface area contributed by atoms with E-state index >= 15 is 0 Å². The summed E-state index contributed by atoms with van der Waals surface area (Å²) in [5.41, 5.74) is 2.16. The van der Waals surface area contributed by atoms with Crippen LogP contribution in [0.3, 0.4) is 0 Å². The van der Waals surface area contributed by atoms with Crippen LogP contribution in [0.4, 0.5) is 4.79 Å². The number of ether oxygens (including phenoxy) is 1. The fourth-order valence-electron chi connectivity index (χ4n) is 1.67. The van der Waals surface area contributed by atoms with Crippen molar-refractivity contribution in [2.75, 3.05) is 0 Å². The van der Waals surface area contributed by atoms with Gasteiger partial charge in [0.1, 0.15) is 11.2 Å². The van der Waals surface area contributed by atoms with E-state index in [0.717, 1.165) is 16.9 Å². The van der Waals surface area contributed by atoms with Crippen LogP contribution in [0.5, 0.6) is 0 Å². The second-order valence-electron chi connectivity index (χ2n) is 5.13. The van der Waals surface area contributed by atoms with Gasteiger partial charge in [-0.15, -0.1) is 0 Å². The number of imidazole rings is 1. The van der Waals surface area contributed by atoms with Crippen LogP contribution in [0.2, 0.25) is 0 Å². The van der Waals surface area contributed by atoms with E-state index < -0.39 is 5.60 Å². The van der Waals surface area contributed by atoms with E-state index in [9.17, 15) is 4.79 Å². The van der Waals surface area contributed by atoms with E-state index in [1.807, 2.05) is 48.5 Å². The molecular formula is C14H23N3O2. The summed E-state index contributed by atoms with van der Waals surface area (Å²) >= 11 is 0. The van der Waals surface area contributed by atoms with Crippen molar-refractivity contribution in [1.82, 2.24) is 14.2 Å². The number of hydrogen-bond acceptors (Lipinski definition) is 3. The lowest BCUT2D eigenvalue weighted by Gasteiger charge is -2.19. The maximum absolute atomic E-state index is 12.0. The summed E-state index contributed by atoms with van der Waals surface area (Å²) in [6.45, 7) is 13.4. The Hall–Kier alpha value is -1.78. The summed E-state index contributed by atoms with van der Waals surface area (Å²) in [6.07, 6.45) is 3.04. The van der Waals surface area contributed by atoms with Gasteiger partial charge in [-0.05, 0) is 34.6 Å². The number of rotatable bonds is 0. The minimum atomic E-state index is -0.499. The average molecular weight is 265 g/mol. The molecule has 5 heteroatoms. The number of fused-ring (bicyclic) bond motifs is 1. The zero-order chi connectivity index (χ0) is 14.8. The van der Waals surface area contributed by atoms with Gasteiger partial charge in [0.25, 0.3) is 0 Å². The minimum absolute atomic E-state index is 0.379. The van der Waals surface area contributed by atoms with E-state index in [-0.39, 0.29) is 6.09 Å². The number of carbonyl (C=O) groups excluding carboxylic acids is 1. The highest BCUT2D eigenvalue weighted by Crippen LogP contribution is 2.17. The van der Waals surface area contributed by atoms with Crippen molar-refractivity contribution in [2.24, 2.45) is 0 Å². The third-order valence-corrected chi connectivity index (χ3v) is 2.53. The fraction of sp³-hybridized carbons (Fsp3) is 0.571. The monoisotopic (exact) mass is 265 g/mol. The lowest BCUT2D eigenvalue weighted by atomic mass is 10.2. The molecule has 0 aliphatic heterocycles. The lowest BCUT2D eigenvalue weighted by molar-refractivity contribution is 0.0543. The molecule has 5 nitrogen and oxygen atoms in total. The Balaban J connectivity index is 0.000000861. The predicted molar refractivity (Wildman–Crippen MR) is 75.6 cm³/mol. The molecule has 0 fully saturated rings. The first-order valence-electron chi connectivity index (χ1n) is 6.56. The summed E-state index contributed by atoms with van der Waals surface area (Å²) in [5, 5.41) is 4.30. The molecule has 0 N–H and O–H groups in total. The molecule has 0 bridgehead atoms. The Morgan fingerprint density at radius 3 is 2.32 bits per heavy atom. The lowest BCUT2D eigenvalue weighted by Crippen LogP contribution is -2.26. The Morgan fingerprint density at radius 2 is 1.79 bits per heavy atom. The van der Waals surface area contributed by atoms with Gasteiger partial charge in [0.15, 0.2) is 0 Å². The van der Waals surface area contributed by atoms with Gasteiger partial charge in [0, 0.05) is 18.0 Å². The first-order chi connectivity index (χ1) is 8.79. The molecule has 0 saturated carbocycles. The van der Waals surface area contributed by atoms with Crippen LogP contribution in [0.25, 0.3) is 5.65 Å². The Kier molecular flexibility index (Phi) is 4.39. The van der Waals surface area contributed by atoms with Crippen molar-refractivity contribution < 1.29 is 9.53 Å². The second-order valence-corrected chi connectivity index (χ2v) is 5.13. The summed E-state index contributed by atoms with van der Waals surface area (Å²) in [5.74, 6) is 0. The van der Waals surface area contributed by atoms with E-state index in [0.29, 0.717) is 0 Å². The highest BCUT2D eigenvalue weighted by Gasteiger charge is 2.20. The Labute approximate surface area is 114 Å². The standard InChI is InChI=1S/C12H17N3O2.C2H6/c1-8-9(2)13-15-7-6-14(10(8)15)11(16)17-12(3,4)5;1-2/h6-7H,1-5H3;1-2H3. The van der Waals surface area contributed by atoms with Crippen LogP contribution in [-0.4, -0.2) is 25.9 Å². The van der Waals surface area contributed by atoms with E-state index in [4.69, 9.17) is 4.74 Å². The Morgan fingerprint density at radius 1 is 1.21 bits per heavy atom. The Bertz CT molecular complexity index is 573. The topological polar surface area (TPSA) is 48.5 Å². The first-order valence-corrected chi connectivity index (χ1v) is 6.56. The van der Waals surface area contributed by atoms with Gasteiger partial charge in [-0.2, -0.15) is 5.10 Å². The van der Waals surface area contributed by atoms with E-state index in [1.165, 1.54) is 4.57 Å². The molecule has 0 aliphatic carbocycles. The average Bonchev–Trinajstić information content (AvgIpc) is 2.82. The zero-order valence-corrected chi connectivity index (χ0v) is 12.8. The van der Waals surface area contributed by atoms with Crippen LogP contribution < -0.4 is 0 Å². The maximum atomic E-state index is 12.0. The summed E-state index contributed by atoms with van der Waals surface area (Å²) in [4.78, 5) is 12.0. The van der Waals surface area contributed by atoms with E-state index in [1.54, 1.807) is 16.9 Å². The summed E-state index contributed by atoms with van der Waals surface area (Å²) in [6, 6.07) is 0. The molecule has 0 unspecified atom stereocenters. The van der Waals surface area contributed by atoms with Crippen molar-refractivity contribution in [3.8, 4) is 0 Å². The molecule has 2 aromatic heterocycles. The van der Waals surface area contributed by atoms with Gasteiger partial charge in [-0.3, -0.25) is 0 Å². The SMILES string of the molecule is CC.Cc1nn2ccn(C(=O)OC(C)(C)C)c2c1C. The minimum Gasteiger partial charge on any atom is -0.443 e. The van der Waals surface area contributed by atoms with Crippen molar-refractivity contribution in [1.29, 1.82) is 0 Å². The molecule has 0 saturated heterocycles. The molecule has 0 radical (unpaired) electrons. The normalized spacial score (nSPS) is 11.1. The van der Waals surface area contributed by atoms with Gasteiger partial charge in [-0.25, -0.2) is 13.9 Å². The summed E-state index contributed by atoms with van der Waals surface area (Å²) in [7, 11) is 0. The first kappa shape index (κ1) is 15.3. The zero-order valence-electron chi connectivity index (χ0n) is 12.8. The van der Waals surface area contributed by atoms with Crippen LogP contribution in [0.1, 0.15) is 45.9 Å². The highest BCUT2D eigenvalue weighted by atomic mass is 16.6. The molecule has 0 amide bonds. The number of nitrogens with zero attached hydrogens (tertiary/aromatic N) is 3. The molecule has 0 spiro atoms. The van der Waals surface area contributed by atoms with Gasteiger partial charge in [-0.1, -0.05) is 13.8 Å². The molecule has 0 aromatic carbocycles. The van der Waals surface area contributed by atoms with Gasteiger partial charge >= 0.3 is 6.09 Å². The molecule has 2 aromatic rings. The van der Waals surface area contributed by atoms with E-state index in [2.05, 4.69) is 5.10 Å². The van der Waals surface area contributed by atoms with Crippen LogP contribution in [-0.2, 0) is 4.74 Å².